The van der Waals surface area contributed by atoms with Crippen molar-refractivity contribution < 1.29 is 10.6 Å². The van der Waals surface area contributed by atoms with Crippen molar-refractivity contribution in [1.29, 1.82) is 0 Å². The van der Waals surface area contributed by atoms with E-state index >= 15 is 0 Å². The Morgan fingerprint density at radius 2 is 0.562 bits per heavy atom. The molecule has 4 N–H and O–H groups in total. The van der Waals surface area contributed by atoms with E-state index < -0.39 is 0 Å². The Labute approximate surface area is 208 Å². The van der Waals surface area contributed by atoms with Gasteiger partial charge in [-0.1, -0.05) is 50.1 Å². The molecule has 0 aromatic heterocycles. The van der Waals surface area contributed by atoms with Crippen LogP contribution < -0.4 is 10.6 Å². The lowest BCUT2D eigenvalue weighted by atomic mass is 9.91. The van der Waals surface area contributed by atoms with Crippen molar-refractivity contribution >= 4 is 34.8 Å². The molecule has 0 unspecified atom stereocenters. The SMILES string of the molecule is C1CCC([NH2+]C2CCCCC2)CC1.C1CCC([NH2+]C2CCCCC2)CC1.[N-]=C=S.[N-]=C=S. The first-order valence-corrected chi connectivity index (χ1v) is 14.3. The van der Waals surface area contributed by atoms with Crippen molar-refractivity contribution in [2.75, 3.05) is 0 Å². The summed E-state index contributed by atoms with van der Waals surface area (Å²) in [7, 11) is 0. The Hall–Kier alpha value is -0.480. The fraction of sp³-hybridized carbons (Fsp3) is 0.923. The van der Waals surface area contributed by atoms with Gasteiger partial charge in [-0.05, 0) is 103 Å². The van der Waals surface area contributed by atoms with Crippen molar-refractivity contribution in [3.63, 3.8) is 0 Å². The number of hydrogen-bond donors (Lipinski definition) is 2. The van der Waals surface area contributed by atoms with E-state index in [-0.39, 0.29) is 0 Å². The zero-order chi connectivity index (χ0) is 23.3. The molecule has 184 valence electrons. The second-order valence-corrected chi connectivity index (χ2v) is 10.5. The van der Waals surface area contributed by atoms with Crippen LogP contribution >= 0.6 is 24.4 Å². The molecule has 32 heavy (non-hydrogen) atoms. The molecule has 0 amide bonds. The third-order valence-electron chi connectivity index (χ3n) is 7.69. The minimum absolute atomic E-state index is 0.997. The third-order valence-corrected chi connectivity index (χ3v) is 7.69. The van der Waals surface area contributed by atoms with Gasteiger partial charge in [-0.2, -0.15) is 10.3 Å². The summed E-state index contributed by atoms with van der Waals surface area (Å²) in [6, 6.07) is 3.99. The summed E-state index contributed by atoms with van der Waals surface area (Å²) < 4.78 is 0. The molecule has 4 nitrogen and oxygen atoms in total. The van der Waals surface area contributed by atoms with Crippen LogP contribution in [0.15, 0.2) is 0 Å². The molecular weight excluding hydrogens is 432 g/mol. The Balaban J connectivity index is 0.000000258. The van der Waals surface area contributed by atoms with Crippen LogP contribution in [0.4, 0.5) is 0 Å². The molecule has 0 aliphatic heterocycles. The number of nitrogens with zero attached hydrogens (tertiary/aromatic N) is 2. The average molecular weight is 481 g/mol. The van der Waals surface area contributed by atoms with Crippen LogP contribution in [0, 0.1) is 0 Å². The molecule has 4 rings (SSSR count). The van der Waals surface area contributed by atoms with E-state index in [1.165, 1.54) is 139 Å². The van der Waals surface area contributed by atoms with Gasteiger partial charge in [-0.3, -0.25) is 0 Å². The summed E-state index contributed by atoms with van der Waals surface area (Å²) in [5, 5.41) is 22.4. The van der Waals surface area contributed by atoms with E-state index in [9.17, 15) is 0 Å². The van der Waals surface area contributed by atoms with Gasteiger partial charge in [0.05, 0.1) is 24.2 Å². The monoisotopic (exact) mass is 480 g/mol. The lowest BCUT2D eigenvalue weighted by Crippen LogP contribution is -2.95. The van der Waals surface area contributed by atoms with Gasteiger partial charge in [0.1, 0.15) is 0 Å². The van der Waals surface area contributed by atoms with Crippen LogP contribution in [0.3, 0.4) is 0 Å². The minimum Gasteiger partial charge on any atom is -0.753 e. The Morgan fingerprint density at radius 1 is 0.406 bits per heavy atom. The highest BCUT2D eigenvalue weighted by molar-refractivity contribution is 7.78. The molecule has 0 aromatic carbocycles. The van der Waals surface area contributed by atoms with Crippen molar-refractivity contribution in [3.8, 4) is 0 Å². The number of isothiocyanates is 2. The topological polar surface area (TPSA) is 77.8 Å². The van der Waals surface area contributed by atoms with Gasteiger partial charge >= 0.3 is 0 Å². The standard InChI is InChI=1S/2C12H23N.2CNS/c2*1-3-7-11(8-4-1)13-12-9-5-2-6-10-12;2*2-1-3/h2*11-13H,1-10H2;;/q;;2*-1/p+2. The quantitative estimate of drug-likeness (QED) is 0.397. The zero-order valence-corrected chi connectivity index (χ0v) is 22.0. The maximum Gasteiger partial charge on any atom is 0.0861 e. The van der Waals surface area contributed by atoms with Gasteiger partial charge in [-0.25, -0.2) is 0 Å². The van der Waals surface area contributed by atoms with Gasteiger partial charge in [0.15, 0.2) is 0 Å². The molecule has 4 aliphatic carbocycles. The lowest BCUT2D eigenvalue weighted by molar-refractivity contribution is -0.726. The highest BCUT2D eigenvalue weighted by atomic mass is 32.1. The second-order valence-electron chi connectivity index (χ2n) is 10.2. The molecule has 6 heteroatoms. The summed E-state index contributed by atoms with van der Waals surface area (Å²) >= 11 is 7.40. The van der Waals surface area contributed by atoms with Crippen molar-refractivity contribution in [2.24, 2.45) is 0 Å². The van der Waals surface area contributed by atoms with Gasteiger partial charge < -0.3 is 21.5 Å². The molecule has 0 bridgehead atoms. The fourth-order valence-corrected chi connectivity index (χ4v) is 6.08. The van der Waals surface area contributed by atoms with Crippen LogP contribution in [0.5, 0.6) is 0 Å². The van der Waals surface area contributed by atoms with E-state index in [4.69, 9.17) is 10.8 Å². The van der Waals surface area contributed by atoms with Crippen molar-refractivity contribution in [2.45, 2.75) is 153 Å². The van der Waals surface area contributed by atoms with Crippen LogP contribution in [0.2, 0.25) is 0 Å². The molecule has 0 saturated heterocycles. The highest BCUT2D eigenvalue weighted by Crippen LogP contribution is 2.19. The fourth-order valence-electron chi connectivity index (χ4n) is 6.08. The molecule has 4 fully saturated rings. The van der Waals surface area contributed by atoms with Crippen LogP contribution in [0.25, 0.3) is 10.8 Å². The third kappa shape index (κ3) is 15.4. The Kier molecular flexibility index (Phi) is 19.5. The summed E-state index contributed by atoms with van der Waals surface area (Å²) in [6.45, 7) is 0. The first-order valence-electron chi connectivity index (χ1n) is 13.5. The van der Waals surface area contributed by atoms with Crippen molar-refractivity contribution in [1.82, 2.24) is 0 Å². The number of thiocarbonyl (C=S) groups is 2. The number of hydrogen-bond acceptors (Lipinski definition) is 2. The predicted molar refractivity (Wildman–Crippen MR) is 143 cm³/mol. The maximum atomic E-state index is 7.13. The van der Waals surface area contributed by atoms with E-state index in [2.05, 4.69) is 35.1 Å². The van der Waals surface area contributed by atoms with Crippen LogP contribution in [0.1, 0.15) is 128 Å². The molecule has 0 spiro atoms. The molecule has 0 radical (unpaired) electrons. The van der Waals surface area contributed by atoms with Gasteiger partial charge in [0.25, 0.3) is 0 Å². The predicted octanol–water partition coefficient (Wildman–Crippen LogP) is 5.75. The number of nitrogens with two attached hydrogens (primary N) is 2. The normalized spacial score (nSPS) is 23.0. The van der Waals surface area contributed by atoms with E-state index in [1.54, 1.807) is 0 Å². The van der Waals surface area contributed by atoms with Gasteiger partial charge in [-0.15, -0.1) is 0 Å². The van der Waals surface area contributed by atoms with Crippen LogP contribution in [-0.2, 0) is 0 Å². The minimum atomic E-state index is 0.997. The summed E-state index contributed by atoms with van der Waals surface area (Å²) in [5.41, 5.74) is 0. The molecule has 4 saturated carbocycles. The summed E-state index contributed by atoms with van der Waals surface area (Å²) in [4.78, 5) is 0. The molecular formula is C26H48N4S2. The maximum absolute atomic E-state index is 7.13. The largest absolute Gasteiger partial charge is 0.753 e. The molecule has 4 aliphatic rings. The summed E-state index contributed by atoms with van der Waals surface area (Å²) in [5.74, 6) is 0. The Morgan fingerprint density at radius 3 is 0.719 bits per heavy atom. The van der Waals surface area contributed by atoms with Gasteiger partial charge in [0, 0.05) is 0 Å². The zero-order valence-electron chi connectivity index (χ0n) is 20.3. The molecule has 0 heterocycles. The molecule has 0 aromatic rings. The van der Waals surface area contributed by atoms with E-state index in [1.807, 2.05) is 0 Å². The number of rotatable bonds is 4. The van der Waals surface area contributed by atoms with Crippen LogP contribution in [-0.4, -0.2) is 34.5 Å². The first-order chi connectivity index (χ1) is 15.7. The molecule has 0 atom stereocenters. The average Bonchev–Trinajstić information content (AvgIpc) is 2.83. The van der Waals surface area contributed by atoms with E-state index in [0.29, 0.717) is 0 Å². The number of quaternary nitrogens is 2. The van der Waals surface area contributed by atoms with E-state index in [0.717, 1.165) is 24.2 Å². The Bertz CT molecular complexity index is 414. The summed E-state index contributed by atoms with van der Waals surface area (Å²) in [6.07, 6.45) is 29.9. The lowest BCUT2D eigenvalue weighted by Gasteiger charge is -2.27. The highest BCUT2D eigenvalue weighted by Gasteiger charge is 2.23. The first kappa shape index (κ1) is 29.6. The second kappa shape index (κ2) is 21.1. The van der Waals surface area contributed by atoms with Gasteiger partial charge in [0.2, 0.25) is 0 Å². The smallest absolute Gasteiger partial charge is 0.0861 e. The van der Waals surface area contributed by atoms with Crippen molar-refractivity contribution in [3.05, 3.63) is 10.8 Å².